The molecule has 0 aliphatic carbocycles. The SMILES string of the molecule is O=C(O)C1CCN(c2cccc(F)c2)C1. The summed E-state index contributed by atoms with van der Waals surface area (Å²) in [6.45, 7) is 1.15. The number of carboxylic acid groups (broad SMARTS) is 1. The molecule has 0 bridgehead atoms. The normalized spacial score (nSPS) is 20.6. The van der Waals surface area contributed by atoms with Gasteiger partial charge in [0, 0.05) is 18.8 Å². The number of nitrogens with zero attached hydrogens (tertiary/aromatic N) is 1. The van der Waals surface area contributed by atoms with Crippen LogP contribution in [0.2, 0.25) is 0 Å². The van der Waals surface area contributed by atoms with Crippen molar-refractivity contribution >= 4 is 11.7 Å². The Morgan fingerprint density at radius 1 is 1.53 bits per heavy atom. The van der Waals surface area contributed by atoms with Gasteiger partial charge in [0.25, 0.3) is 0 Å². The van der Waals surface area contributed by atoms with Gasteiger partial charge in [-0.15, -0.1) is 0 Å². The van der Waals surface area contributed by atoms with E-state index in [9.17, 15) is 9.18 Å². The summed E-state index contributed by atoms with van der Waals surface area (Å²) in [5, 5.41) is 8.83. The highest BCUT2D eigenvalue weighted by molar-refractivity contribution is 5.72. The van der Waals surface area contributed by atoms with Crippen LogP contribution in [-0.4, -0.2) is 24.2 Å². The van der Waals surface area contributed by atoms with E-state index >= 15 is 0 Å². The molecule has 0 aromatic heterocycles. The molecule has 1 unspecified atom stereocenters. The second kappa shape index (κ2) is 3.88. The van der Waals surface area contributed by atoms with Crippen LogP contribution in [0.15, 0.2) is 24.3 Å². The molecule has 1 heterocycles. The average molecular weight is 209 g/mol. The molecule has 1 atom stereocenters. The number of carbonyl (C=O) groups is 1. The molecule has 1 aliphatic heterocycles. The molecular weight excluding hydrogens is 197 g/mol. The smallest absolute Gasteiger partial charge is 0.308 e. The van der Waals surface area contributed by atoms with Crippen molar-refractivity contribution in [1.29, 1.82) is 0 Å². The zero-order valence-electron chi connectivity index (χ0n) is 8.19. The Balaban J connectivity index is 2.11. The fourth-order valence-electron chi connectivity index (χ4n) is 1.87. The van der Waals surface area contributed by atoms with Crippen molar-refractivity contribution in [3.8, 4) is 0 Å². The first-order chi connectivity index (χ1) is 7.16. The molecule has 1 fully saturated rings. The van der Waals surface area contributed by atoms with E-state index in [1.165, 1.54) is 12.1 Å². The van der Waals surface area contributed by atoms with E-state index in [0.717, 1.165) is 5.69 Å². The van der Waals surface area contributed by atoms with Gasteiger partial charge in [0.1, 0.15) is 5.82 Å². The minimum absolute atomic E-state index is 0.286. The van der Waals surface area contributed by atoms with E-state index in [0.29, 0.717) is 19.5 Å². The molecule has 4 heteroatoms. The third kappa shape index (κ3) is 2.09. The molecule has 0 radical (unpaired) electrons. The van der Waals surface area contributed by atoms with E-state index in [4.69, 9.17) is 5.11 Å². The lowest BCUT2D eigenvalue weighted by Crippen LogP contribution is -2.22. The molecule has 80 valence electrons. The van der Waals surface area contributed by atoms with Crippen LogP contribution in [-0.2, 0) is 4.79 Å². The first-order valence-corrected chi connectivity index (χ1v) is 4.90. The van der Waals surface area contributed by atoms with Crippen LogP contribution in [0, 0.1) is 11.7 Å². The molecule has 1 aromatic carbocycles. The summed E-state index contributed by atoms with van der Waals surface area (Å²) in [4.78, 5) is 12.6. The van der Waals surface area contributed by atoms with Crippen molar-refractivity contribution < 1.29 is 14.3 Å². The maximum atomic E-state index is 12.9. The molecule has 0 saturated carbocycles. The van der Waals surface area contributed by atoms with E-state index < -0.39 is 5.97 Å². The quantitative estimate of drug-likeness (QED) is 0.806. The average Bonchev–Trinajstić information content (AvgIpc) is 2.66. The highest BCUT2D eigenvalue weighted by Crippen LogP contribution is 2.24. The molecule has 1 N–H and O–H groups in total. The first kappa shape index (κ1) is 9.96. The Kier molecular flexibility index (Phi) is 2.58. The van der Waals surface area contributed by atoms with Crippen LogP contribution in [0.3, 0.4) is 0 Å². The molecule has 15 heavy (non-hydrogen) atoms. The zero-order chi connectivity index (χ0) is 10.8. The number of aliphatic carboxylic acids is 1. The van der Waals surface area contributed by atoms with Crippen LogP contribution in [0.1, 0.15) is 6.42 Å². The van der Waals surface area contributed by atoms with Gasteiger partial charge in [-0.3, -0.25) is 4.79 Å². The molecule has 1 aromatic rings. The number of halogens is 1. The largest absolute Gasteiger partial charge is 0.481 e. The molecule has 1 aliphatic rings. The number of anilines is 1. The van der Waals surface area contributed by atoms with Crippen LogP contribution in [0.5, 0.6) is 0 Å². The van der Waals surface area contributed by atoms with Crippen molar-refractivity contribution in [2.45, 2.75) is 6.42 Å². The third-order valence-corrected chi connectivity index (χ3v) is 2.71. The van der Waals surface area contributed by atoms with Gasteiger partial charge in [-0.05, 0) is 24.6 Å². The van der Waals surface area contributed by atoms with E-state index in [1.807, 2.05) is 4.90 Å². The fourth-order valence-corrected chi connectivity index (χ4v) is 1.87. The van der Waals surface area contributed by atoms with Gasteiger partial charge >= 0.3 is 5.97 Å². The molecule has 1 saturated heterocycles. The first-order valence-electron chi connectivity index (χ1n) is 4.90. The minimum Gasteiger partial charge on any atom is -0.481 e. The maximum absolute atomic E-state index is 12.9. The summed E-state index contributed by atoms with van der Waals surface area (Å²) >= 11 is 0. The number of hydrogen-bond acceptors (Lipinski definition) is 2. The third-order valence-electron chi connectivity index (χ3n) is 2.71. The number of carboxylic acids is 1. The van der Waals surface area contributed by atoms with E-state index in [2.05, 4.69) is 0 Å². The van der Waals surface area contributed by atoms with Crippen molar-refractivity contribution in [2.24, 2.45) is 5.92 Å². The molecule has 0 amide bonds. The maximum Gasteiger partial charge on any atom is 0.308 e. The summed E-state index contributed by atoms with van der Waals surface area (Å²) in [5.74, 6) is -1.38. The minimum atomic E-state index is -0.770. The van der Waals surface area contributed by atoms with Gasteiger partial charge in [0.2, 0.25) is 0 Å². The Morgan fingerprint density at radius 2 is 2.33 bits per heavy atom. The number of hydrogen-bond donors (Lipinski definition) is 1. The number of rotatable bonds is 2. The second-order valence-corrected chi connectivity index (χ2v) is 3.75. The second-order valence-electron chi connectivity index (χ2n) is 3.75. The van der Waals surface area contributed by atoms with Crippen molar-refractivity contribution in [3.05, 3.63) is 30.1 Å². The van der Waals surface area contributed by atoms with E-state index in [1.54, 1.807) is 12.1 Å². The van der Waals surface area contributed by atoms with Gasteiger partial charge in [-0.1, -0.05) is 6.07 Å². The topological polar surface area (TPSA) is 40.5 Å². The van der Waals surface area contributed by atoms with Gasteiger partial charge < -0.3 is 10.0 Å². The van der Waals surface area contributed by atoms with Gasteiger partial charge in [0.15, 0.2) is 0 Å². The Bertz CT molecular complexity index is 381. The predicted molar refractivity (Wildman–Crippen MR) is 54.4 cm³/mol. The van der Waals surface area contributed by atoms with Crippen LogP contribution in [0.4, 0.5) is 10.1 Å². The predicted octanol–water partition coefficient (Wildman–Crippen LogP) is 1.74. The van der Waals surface area contributed by atoms with Crippen LogP contribution in [0.25, 0.3) is 0 Å². The van der Waals surface area contributed by atoms with Crippen LogP contribution < -0.4 is 4.90 Å². The summed E-state index contributed by atoms with van der Waals surface area (Å²) in [5.41, 5.74) is 0.763. The fraction of sp³-hybridized carbons (Fsp3) is 0.364. The Hall–Kier alpha value is -1.58. The lowest BCUT2D eigenvalue weighted by molar-refractivity contribution is -0.140. The lowest BCUT2D eigenvalue weighted by atomic mass is 10.1. The number of benzene rings is 1. The highest BCUT2D eigenvalue weighted by atomic mass is 19.1. The van der Waals surface area contributed by atoms with Crippen molar-refractivity contribution in [1.82, 2.24) is 0 Å². The summed E-state index contributed by atoms with van der Waals surface area (Å²) in [6, 6.07) is 6.25. The van der Waals surface area contributed by atoms with Gasteiger partial charge in [-0.2, -0.15) is 0 Å². The van der Waals surface area contributed by atoms with Crippen LogP contribution >= 0.6 is 0 Å². The lowest BCUT2D eigenvalue weighted by Gasteiger charge is -2.17. The van der Waals surface area contributed by atoms with Gasteiger partial charge in [-0.25, -0.2) is 4.39 Å². The van der Waals surface area contributed by atoms with Crippen molar-refractivity contribution in [2.75, 3.05) is 18.0 Å². The monoisotopic (exact) mass is 209 g/mol. The summed E-state index contributed by atoms with van der Waals surface area (Å²) in [6.07, 6.45) is 0.631. The Labute approximate surface area is 87.1 Å². The molecule has 0 spiro atoms. The molecule has 2 rings (SSSR count). The molecule has 3 nitrogen and oxygen atoms in total. The standard InChI is InChI=1S/C11H12FNO2/c12-9-2-1-3-10(6-9)13-5-4-8(7-13)11(14)15/h1-3,6,8H,4-5,7H2,(H,14,15). The highest BCUT2D eigenvalue weighted by Gasteiger charge is 2.27. The van der Waals surface area contributed by atoms with Gasteiger partial charge in [0.05, 0.1) is 5.92 Å². The van der Waals surface area contributed by atoms with Crippen molar-refractivity contribution in [3.63, 3.8) is 0 Å². The zero-order valence-corrected chi connectivity index (χ0v) is 8.19. The Morgan fingerprint density at radius 3 is 2.93 bits per heavy atom. The molecular formula is C11H12FNO2. The van der Waals surface area contributed by atoms with E-state index in [-0.39, 0.29) is 11.7 Å². The summed E-state index contributed by atoms with van der Waals surface area (Å²) < 4.78 is 12.9. The summed E-state index contributed by atoms with van der Waals surface area (Å²) in [7, 11) is 0.